The first-order chi connectivity index (χ1) is 18.0. The van der Waals surface area contributed by atoms with E-state index in [0.29, 0.717) is 31.2 Å². The summed E-state index contributed by atoms with van der Waals surface area (Å²) in [5.41, 5.74) is 5.25. The van der Waals surface area contributed by atoms with Gasteiger partial charge < -0.3 is 19.5 Å². The SMILES string of the molecule is CC(C)Cc1cnc(OC(=O)O)c(Cc2cccc(-c3ccc4ncnc(N5CCOCC5)c4c3)c2)n1. The van der Waals surface area contributed by atoms with Crippen LogP contribution in [0.15, 0.2) is 55.0 Å². The molecule has 190 valence electrons. The molecule has 2 aromatic carbocycles. The molecule has 2 aromatic heterocycles. The Labute approximate surface area is 215 Å². The lowest BCUT2D eigenvalue weighted by molar-refractivity contribution is 0.122. The molecule has 1 aliphatic heterocycles. The molecule has 9 heteroatoms. The number of ether oxygens (including phenoxy) is 2. The number of benzene rings is 2. The summed E-state index contributed by atoms with van der Waals surface area (Å²) in [5.74, 6) is 1.33. The number of fused-ring (bicyclic) bond motifs is 1. The van der Waals surface area contributed by atoms with Gasteiger partial charge in [0.15, 0.2) is 0 Å². The molecule has 1 fully saturated rings. The van der Waals surface area contributed by atoms with Crippen molar-refractivity contribution in [1.82, 2.24) is 19.9 Å². The minimum atomic E-state index is -1.41. The van der Waals surface area contributed by atoms with Crippen molar-refractivity contribution >= 4 is 22.9 Å². The zero-order valence-corrected chi connectivity index (χ0v) is 20.9. The third-order valence-corrected chi connectivity index (χ3v) is 6.21. The molecule has 0 unspecified atom stereocenters. The standard InChI is InChI=1S/C28H29N5O4/c1-18(2)12-22-16-29-27(37-28(34)35)25(32-22)14-19-4-3-5-20(13-19)21-6-7-24-23(15-21)26(31-17-30-24)33-8-10-36-11-9-33/h3-7,13,15-18H,8-12,14H2,1-2H3,(H,34,35). The molecule has 0 spiro atoms. The van der Waals surface area contributed by atoms with Crippen LogP contribution in [0.25, 0.3) is 22.0 Å². The van der Waals surface area contributed by atoms with E-state index in [1.54, 1.807) is 12.5 Å². The number of anilines is 1. The van der Waals surface area contributed by atoms with Gasteiger partial charge in [0.25, 0.3) is 0 Å². The van der Waals surface area contributed by atoms with Crippen LogP contribution in [0.5, 0.6) is 5.88 Å². The Kier molecular flexibility index (Phi) is 7.23. The second-order valence-corrected chi connectivity index (χ2v) is 9.48. The number of nitrogens with zero attached hydrogens (tertiary/aromatic N) is 5. The molecule has 0 saturated carbocycles. The number of carboxylic acid groups (broad SMARTS) is 1. The van der Waals surface area contributed by atoms with Crippen LogP contribution in [-0.2, 0) is 17.6 Å². The van der Waals surface area contributed by atoms with E-state index in [4.69, 9.17) is 14.6 Å². The van der Waals surface area contributed by atoms with Gasteiger partial charge in [-0.2, -0.15) is 0 Å². The predicted octanol–water partition coefficient (Wildman–Crippen LogP) is 4.77. The summed E-state index contributed by atoms with van der Waals surface area (Å²) in [6.07, 6.45) is 2.93. The molecule has 0 aliphatic carbocycles. The fraction of sp³-hybridized carbons (Fsp3) is 0.321. The molecule has 0 bridgehead atoms. The molecule has 0 amide bonds. The van der Waals surface area contributed by atoms with Crippen molar-refractivity contribution in [2.24, 2.45) is 5.92 Å². The van der Waals surface area contributed by atoms with E-state index in [0.717, 1.165) is 58.6 Å². The second-order valence-electron chi connectivity index (χ2n) is 9.48. The van der Waals surface area contributed by atoms with Crippen molar-refractivity contribution < 1.29 is 19.4 Å². The Hall–Kier alpha value is -4.11. The van der Waals surface area contributed by atoms with Gasteiger partial charge in [-0.1, -0.05) is 44.2 Å². The molecule has 37 heavy (non-hydrogen) atoms. The maximum Gasteiger partial charge on any atom is 0.512 e. The molecule has 9 nitrogen and oxygen atoms in total. The summed E-state index contributed by atoms with van der Waals surface area (Å²) < 4.78 is 10.4. The third-order valence-electron chi connectivity index (χ3n) is 6.21. The Balaban J connectivity index is 1.47. The Morgan fingerprint density at radius 1 is 1.08 bits per heavy atom. The lowest BCUT2D eigenvalue weighted by Gasteiger charge is -2.28. The van der Waals surface area contributed by atoms with Crippen molar-refractivity contribution in [2.45, 2.75) is 26.7 Å². The minimum Gasteiger partial charge on any atom is -0.449 e. The number of aromatic nitrogens is 4. The summed E-state index contributed by atoms with van der Waals surface area (Å²) in [6.45, 7) is 7.16. The highest BCUT2D eigenvalue weighted by molar-refractivity contribution is 5.93. The predicted molar refractivity (Wildman–Crippen MR) is 140 cm³/mol. The second kappa shape index (κ2) is 10.9. The molecule has 1 aliphatic rings. The molecule has 4 aromatic rings. The van der Waals surface area contributed by atoms with Gasteiger partial charge in [-0.25, -0.2) is 19.7 Å². The first kappa shape index (κ1) is 24.6. The summed E-state index contributed by atoms with van der Waals surface area (Å²) in [5, 5.41) is 10.2. The van der Waals surface area contributed by atoms with E-state index in [1.807, 2.05) is 18.2 Å². The summed E-state index contributed by atoms with van der Waals surface area (Å²) >= 11 is 0. The Bertz CT molecular complexity index is 1420. The van der Waals surface area contributed by atoms with E-state index in [2.05, 4.69) is 62.9 Å². The van der Waals surface area contributed by atoms with Gasteiger partial charge in [0.2, 0.25) is 5.88 Å². The van der Waals surface area contributed by atoms with Crippen molar-refractivity contribution in [3.05, 3.63) is 71.9 Å². The molecule has 5 rings (SSSR count). The van der Waals surface area contributed by atoms with E-state index >= 15 is 0 Å². The lowest BCUT2D eigenvalue weighted by atomic mass is 9.99. The third kappa shape index (κ3) is 5.83. The van der Waals surface area contributed by atoms with E-state index in [9.17, 15) is 4.79 Å². The summed E-state index contributed by atoms with van der Waals surface area (Å²) in [6, 6.07) is 14.3. The van der Waals surface area contributed by atoms with Gasteiger partial charge in [-0.05, 0) is 41.2 Å². The normalized spacial score (nSPS) is 13.8. The van der Waals surface area contributed by atoms with Gasteiger partial charge in [0.05, 0.1) is 30.6 Å². The summed E-state index contributed by atoms with van der Waals surface area (Å²) in [7, 11) is 0. The Morgan fingerprint density at radius 2 is 1.89 bits per heavy atom. The first-order valence-electron chi connectivity index (χ1n) is 12.4. The van der Waals surface area contributed by atoms with Crippen molar-refractivity contribution in [3.63, 3.8) is 0 Å². The molecule has 0 radical (unpaired) electrons. The van der Waals surface area contributed by atoms with Gasteiger partial charge >= 0.3 is 6.16 Å². The van der Waals surface area contributed by atoms with Crippen molar-refractivity contribution in [3.8, 4) is 17.0 Å². The van der Waals surface area contributed by atoms with Gasteiger partial charge in [-0.15, -0.1) is 0 Å². The largest absolute Gasteiger partial charge is 0.512 e. The smallest absolute Gasteiger partial charge is 0.449 e. The zero-order chi connectivity index (χ0) is 25.8. The van der Waals surface area contributed by atoms with Crippen LogP contribution in [0.1, 0.15) is 30.8 Å². The quantitative estimate of drug-likeness (QED) is 0.360. The van der Waals surface area contributed by atoms with E-state index < -0.39 is 6.16 Å². The number of carbonyl (C=O) groups is 1. The highest BCUT2D eigenvalue weighted by Crippen LogP contribution is 2.30. The fourth-order valence-electron chi connectivity index (χ4n) is 4.56. The molecular weight excluding hydrogens is 470 g/mol. The van der Waals surface area contributed by atoms with Crippen molar-refractivity contribution in [1.29, 1.82) is 0 Å². The van der Waals surface area contributed by atoms with Gasteiger partial charge in [0, 0.05) is 24.9 Å². The highest BCUT2D eigenvalue weighted by atomic mass is 16.7. The number of hydrogen-bond donors (Lipinski definition) is 1. The topological polar surface area (TPSA) is 111 Å². The maximum absolute atomic E-state index is 11.2. The number of hydrogen-bond acceptors (Lipinski definition) is 8. The van der Waals surface area contributed by atoms with Crippen molar-refractivity contribution in [2.75, 3.05) is 31.2 Å². The monoisotopic (exact) mass is 499 g/mol. The van der Waals surface area contributed by atoms with Crippen LogP contribution in [0.3, 0.4) is 0 Å². The average molecular weight is 500 g/mol. The molecule has 1 saturated heterocycles. The fourth-order valence-corrected chi connectivity index (χ4v) is 4.56. The molecule has 3 heterocycles. The minimum absolute atomic E-state index is 0.0171. The first-order valence-corrected chi connectivity index (χ1v) is 12.4. The average Bonchev–Trinajstić information content (AvgIpc) is 2.89. The lowest BCUT2D eigenvalue weighted by Crippen LogP contribution is -2.36. The van der Waals surface area contributed by atoms with Crippen LogP contribution >= 0.6 is 0 Å². The number of morpholine rings is 1. The zero-order valence-electron chi connectivity index (χ0n) is 20.9. The summed E-state index contributed by atoms with van der Waals surface area (Å²) in [4.78, 5) is 31.4. The van der Waals surface area contributed by atoms with E-state index in [-0.39, 0.29) is 5.88 Å². The Morgan fingerprint density at radius 3 is 2.68 bits per heavy atom. The van der Waals surface area contributed by atoms with Crippen LogP contribution in [0.2, 0.25) is 0 Å². The van der Waals surface area contributed by atoms with E-state index in [1.165, 1.54) is 0 Å². The maximum atomic E-state index is 11.2. The van der Waals surface area contributed by atoms with Crippen LogP contribution in [0.4, 0.5) is 10.6 Å². The van der Waals surface area contributed by atoms with Crippen LogP contribution in [0, 0.1) is 5.92 Å². The van der Waals surface area contributed by atoms with Gasteiger partial charge in [-0.3, -0.25) is 4.98 Å². The van der Waals surface area contributed by atoms with Gasteiger partial charge in [0.1, 0.15) is 17.8 Å². The molecular formula is C28H29N5O4. The number of rotatable bonds is 7. The molecule has 1 N–H and O–H groups in total. The molecule has 0 atom stereocenters. The van der Waals surface area contributed by atoms with Crippen LogP contribution < -0.4 is 9.64 Å². The van der Waals surface area contributed by atoms with Crippen LogP contribution in [-0.4, -0.2) is 57.5 Å². The highest BCUT2D eigenvalue weighted by Gasteiger charge is 2.17.